The summed E-state index contributed by atoms with van der Waals surface area (Å²) in [5.74, 6) is -0.291. The smallest absolute Gasteiger partial charge is 0.331 e. The van der Waals surface area contributed by atoms with Crippen LogP contribution in [0.2, 0.25) is 5.02 Å². The maximum atomic E-state index is 11.8. The number of nitrogens with one attached hydrogen (secondary N) is 1. The number of anilines is 1. The molecule has 0 bridgehead atoms. The van der Waals surface area contributed by atoms with Crippen molar-refractivity contribution in [3.8, 4) is 0 Å². The zero-order valence-electron chi connectivity index (χ0n) is 11.6. The SMILES string of the molecule is CCOC(=O)C(C)(C)Nc1c(C)cc(C)cc1Cl. The van der Waals surface area contributed by atoms with Crippen molar-refractivity contribution >= 4 is 23.3 Å². The molecule has 1 N–H and O–H groups in total. The van der Waals surface area contributed by atoms with Crippen LogP contribution in [0.25, 0.3) is 0 Å². The summed E-state index contributed by atoms with van der Waals surface area (Å²) in [4.78, 5) is 11.8. The number of aryl methyl sites for hydroxylation is 2. The molecule has 1 rings (SSSR count). The molecule has 1 aromatic rings. The van der Waals surface area contributed by atoms with Crippen LogP contribution in [-0.4, -0.2) is 18.1 Å². The van der Waals surface area contributed by atoms with Crippen LogP contribution < -0.4 is 5.32 Å². The van der Waals surface area contributed by atoms with E-state index in [1.165, 1.54) is 0 Å². The molecule has 0 aliphatic carbocycles. The van der Waals surface area contributed by atoms with Crippen molar-refractivity contribution in [1.29, 1.82) is 0 Å². The van der Waals surface area contributed by atoms with Crippen molar-refractivity contribution in [3.63, 3.8) is 0 Å². The number of halogens is 1. The quantitative estimate of drug-likeness (QED) is 0.847. The summed E-state index contributed by atoms with van der Waals surface area (Å²) in [5.41, 5.74) is 2.08. The fourth-order valence-corrected chi connectivity index (χ4v) is 2.12. The molecule has 18 heavy (non-hydrogen) atoms. The van der Waals surface area contributed by atoms with Gasteiger partial charge in [0.2, 0.25) is 0 Å². The number of hydrogen-bond donors (Lipinski definition) is 1. The van der Waals surface area contributed by atoms with Gasteiger partial charge in [0, 0.05) is 0 Å². The molecule has 0 saturated carbocycles. The van der Waals surface area contributed by atoms with Gasteiger partial charge in [-0.3, -0.25) is 0 Å². The minimum atomic E-state index is -0.806. The molecule has 0 radical (unpaired) electrons. The Hall–Kier alpha value is -1.22. The Morgan fingerprint density at radius 3 is 2.50 bits per heavy atom. The van der Waals surface area contributed by atoms with E-state index in [-0.39, 0.29) is 5.97 Å². The minimum absolute atomic E-state index is 0.291. The molecular weight excluding hydrogens is 250 g/mol. The fraction of sp³-hybridized carbons (Fsp3) is 0.500. The Morgan fingerprint density at radius 2 is 2.00 bits per heavy atom. The second-order valence-corrected chi connectivity index (χ2v) is 5.32. The highest BCUT2D eigenvalue weighted by Crippen LogP contribution is 2.30. The van der Waals surface area contributed by atoms with Crippen molar-refractivity contribution in [2.24, 2.45) is 0 Å². The van der Waals surface area contributed by atoms with Crippen LogP contribution in [0.5, 0.6) is 0 Å². The number of rotatable bonds is 4. The van der Waals surface area contributed by atoms with E-state index in [4.69, 9.17) is 16.3 Å². The lowest BCUT2D eigenvalue weighted by molar-refractivity contribution is -0.147. The molecular formula is C14H20ClNO2. The lowest BCUT2D eigenvalue weighted by atomic mass is 10.0. The van der Waals surface area contributed by atoms with Gasteiger partial charge in [0.05, 0.1) is 17.3 Å². The number of ether oxygens (including phenoxy) is 1. The predicted octanol–water partition coefficient (Wildman–Crippen LogP) is 3.71. The van der Waals surface area contributed by atoms with Crippen molar-refractivity contribution in [1.82, 2.24) is 0 Å². The third kappa shape index (κ3) is 3.39. The van der Waals surface area contributed by atoms with E-state index < -0.39 is 5.54 Å². The first kappa shape index (κ1) is 14.8. The monoisotopic (exact) mass is 269 g/mol. The lowest BCUT2D eigenvalue weighted by Gasteiger charge is -2.26. The molecule has 0 atom stereocenters. The van der Waals surface area contributed by atoms with E-state index in [0.29, 0.717) is 11.6 Å². The molecule has 0 unspecified atom stereocenters. The lowest BCUT2D eigenvalue weighted by Crippen LogP contribution is -2.41. The first-order valence-electron chi connectivity index (χ1n) is 6.00. The Labute approximate surface area is 113 Å². The highest BCUT2D eigenvalue weighted by molar-refractivity contribution is 6.33. The molecule has 100 valence electrons. The summed E-state index contributed by atoms with van der Waals surface area (Å²) in [6.45, 7) is 9.66. The molecule has 0 heterocycles. The molecule has 0 amide bonds. The summed E-state index contributed by atoms with van der Waals surface area (Å²) < 4.78 is 5.04. The Balaban J connectivity index is 3.00. The van der Waals surface area contributed by atoms with E-state index in [2.05, 4.69) is 5.32 Å². The molecule has 0 fully saturated rings. The van der Waals surface area contributed by atoms with E-state index in [1.54, 1.807) is 20.8 Å². The maximum Gasteiger partial charge on any atom is 0.331 e. The van der Waals surface area contributed by atoms with Crippen molar-refractivity contribution in [3.05, 3.63) is 28.3 Å². The van der Waals surface area contributed by atoms with Gasteiger partial charge in [-0.15, -0.1) is 0 Å². The molecule has 0 aromatic heterocycles. The number of carbonyl (C=O) groups excluding carboxylic acids is 1. The standard InChI is InChI=1S/C14H20ClNO2/c1-6-18-13(17)14(4,5)16-12-10(3)7-9(2)8-11(12)15/h7-8,16H,6H2,1-5H3. The van der Waals surface area contributed by atoms with Gasteiger partial charge < -0.3 is 10.1 Å². The Bertz CT molecular complexity index is 432. The highest BCUT2D eigenvalue weighted by Gasteiger charge is 2.30. The van der Waals surface area contributed by atoms with Crippen molar-refractivity contribution in [2.45, 2.75) is 40.2 Å². The third-order valence-electron chi connectivity index (χ3n) is 2.65. The van der Waals surface area contributed by atoms with Crippen molar-refractivity contribution < 1.29 is 9.53 Å². The largest absolute Gasteiger partial charge is 0.464 e. The van der Waals surface area contributed by atoms with Gasteiger partial charge in [-0.05, 0) is 51.8 Å². The molecule has 0 aliphatic rings. The van der Waals surface area contributed by atoms with Crippen LogP contribution in [0.4, 0.5) is 5.69 Å². The average molecular weight is 270 g/mol. The number of benzene rings is 1. The summed E-state index contributed by atoms with van der Waals surface area (Å²) in [6.07, 6.45) is 0. The van der Waals surface area contributed by atoms with Crippen LogP contribution in [0.3, 0.4) is 0 Å². The van der Waals surface area contributed by atoms with E-state index in [0.717, 1.165) is 16.8 Å². The summed E-state index contributed by atoms with van der Waals surface area (Å²) in [6, 6.07) is 3.90. The fourth-order valence-electron chi connectivity index (χ4n) is 1.75. The van der Waals surface area contributed by atoms with Gasteiger partial charge in [-0.2, -0.15) is 0 Å². The number of carbonyl (C=O) groups is 1. The molecule has 3 nitrogen and oxygen atoms in total. The van der Waals surface area contributed by atoms with Gasteiger partial charge in [0.1, 0.15) is 5.54 Å². The van der Waals surface area contributed by atoms with Crippen LogP contribution in [0.15, 0.2) is 12.1 Å². The third-order valence-corrected chi connectivity index (χ3v) is 2.95. The van der Waals surface area contributed by atoms with Crippen LogP contribution in [0, 0.1) is 13.8 Å². The van der Waals surface area contributed by atoms with Gasteiger partial charge in [-0.1, -0.05) is 17.7 Å². The summed E-state index contributed by atoms with van der Waals surface area (Å²) in [7, 11) is 0. The predicted molar refractivity (Wildman–Crippen MR) is 75.3 cm³/mol. The number of esters is 1. The topological polar surface area (TPSA) is 38.3 Å². The minimum Gasteiger partial charge on any atom is -0.464 e. The van der Waals surface area contributed by atoms with Gasteiger partial charge in [0.15, 0.2) is 0 Å². The van der Waals surface area contributed by atoms with Crippen LogP contribution in [-0.2, 0) is 9.53 Å². The first-order valence-corrected chi connectivity index (χ1v) is 6.38. The van der Waals surface area contributed by atoms with Gasteiger partial charge >= 0.3 is 5.97 Å². The summed E-state index contributed by atoms with van der Waals surface area (Å²) >= 11 is 6.21. The summed E-state index contributed by atoms with van der Waals surface area (Å²) in [5, 5.41) is 3.78. The highest BCUT2D eigenvalue weighted by atomic mass is 35.5. The Morgan fingerprint density at radius 1 is 1.39 bits per heavy atom. The van der Waals surface area contributed by atoms with Crippen LogP contribution in [0.1, 0.15) is 31.9 Å². The van der Waals surface area contributed by atoms with Crippen LogP contribution >= 0.6 is 11.6 Å². The first-order chi connectivity index (χ1) is 8.27. The molecule has 0 aliphatic heterocycles. The molecule has 0 saturated heterocycles. The Kier molecular flexibility index (Phi) is 4.63. The van der Waals surface area contributed by atoms with E-state index in [1.807, 2.05) is 26.0 Å². The van der Waals surface area contributed by atoms with E-state index >= 15 is 0 Å². The second kappa shape index (κ2) is 5.61. The zero-order valence-corrected chi connectivity index (χ0v) is 12.3. The average Bonchev–Trinajstić information content (AvgIpc) is 2.23. The molecule has 4 heteroatoms. The number of hydrogen-bond acceptors (Lipinski definition) is 3. The van der Waals surface area contributed by atoms with Crippen molar-refractivity contribution in [2.75, 3.05) is 11.9 Å². The maximum absolute atomic E-state index is 11.8. The van der Waals surface area contributed by atoms with E-state index in [9.17, 15) is 4.79 Å². The zero-order chi connectivity index (χ0) is 13.9. The molecule has 1 aromatic carbocycles. The second-order valence-electron chi connectivity index (χ2n) is 4.91. The molecule has 0 spiro atoms. The van der Waals surface area contributed by atoms with Gasteiger partial charge in [-0.25, -0.2) is 4.79 Å². The normalized spacial score (nSPS) is 11.2. The van der Waals surface area contributed by atoms with Gasteiger partial charge in [0.25, 0.3) is 0 Å².